The molecule has 106 valence electrons. The highest BCUT2D eigenvalue weighted by atomic mass is 19.3. The van der Waals surface area contributed by atoms with Crippen molar-refractivity contribution >= 4 is 5.69 Å². The van der Waals surface area contributed by atoms with Crippen molar-refractivity contribution in [1.29, 1.82) is 0 Å². The van der Waals surface area contributed by atoms with Crippen molar-refractivity contribution in [2.45, 2.75) is 13.2 Å². The summed E-state index contributed by atoms with van der Waals surface area (Å²) in [5, 5.41) is 12.4. The number of nitrogens with one attached hydrogen (secondary N) is 1. The van der Waals surface area contributed by atoms with E-state index in [4.69, 9.17) is 0 Å². The van der Waals surface area contributed by atoms with Gasteiger partial charge < -0.3 is 15.2 Å². The van der Waals surface area contributed by atoms with Crippen LogP contribution >= 0.6 is 0 Å². The number of ether oxygens (including phenoxy) is 1. The Labute approximate surface area is 113 Å². The largest absolute Gasteiger partial charge is 0.508 e. The summed E-state index contributed by atoms with van der Waals surface area (Å²) in [6, 6.07) is 9.58. The average molecular weight is 283 g/mol. The highest BCUT2D eigenvalue weighted by Gasteiger charge is 2.06. The quantitative estimate of drug-likeness (QED) is 0.878. The molecule has 2 aromatic rings. The molecule has 2 aromatic carbocycles. The molecule has 2 N–H and O–H groups in total. The van der Waals surface area contributed by atoms with Gasteiger partial charge in [0.05, 0.1) is 0 Å². The number of hydrogen-bond donors (Lipinski definition) is 2. The molecular weight excluding hydrogens is 271 g/mol. The van der Waals surface area contributed by atoms with Crippen LogP contribution in [0.2, 0.25) is 0 Å². The van der Waals surface area contributed by atoms with Gasteiger partial charge in [0, 0.05) is 23.9 Å². The van der Waals surface area contributed by atoms with Crippen LogP contribution in [0.15, 0.2) is 42.5 Å². The van der Waals surface area contributed by atoms with Crippen LogP contribution in [0.4, 0.5) is 18.9 Å². The molecule has 0 atom stereocenters. The molecule has 0 spiro atoms. The Morgan fingerprint density at radius 2 is 1.95 bits per heavy atom. The molecule has 2 rings (SSSR count). The third-order valence-electron chi connectivity index (χ3n) is 2.58. The van der Waals surface area contributed by atoms with Crippen LogP contribution in [0.5, 0.6) is 11.5 Å². The number of phenolic OH excluding ortho intramolecular Hbond substituents is 1. The molecule has 0 unspecified atom stereocenters. The molecule has 0 aliphatic heterocycles. The number of benzene rings is 2. The van der Waals surface area contributed by atoms with Crippen molar-refractivity contribution in [3.05, 3.63) is 53.8 Å². The molecular formula is C14H12F3NO2. The van der Waals surface area contributed by atoms with Gasteiger partial charge in [-0.25, -0.2) is 4.39 Å². The lowest BCUT2D eigenvalue weighted by atomic mass is 10.2. The lowest BCUT2D eigenvalue weighted by Gasteiger charge is -2.10. The van der Waals surface area contributed by atoms with E-state index < -0.39 is 12.4 Å². The van der Waals surface area contributed by atoms with Crippen molar-refractivity contribution < 1.29 is 23.0 Å². The summed E-state index contributed by atoms with van der Waals surface area (Å²) in [6.07, 6.45) is 0. The smallest absolute Gasteiger partial charge is 0.387 e. The van der Waals surface area contributed by atoms with Gasteiger partial charge in [0.15, 0.2) is 0 Å². The highest BCUT2D eigenvalue weighted by molar-refractivity contribution is 5.49. The lowest BCUT2D eigenvalue weighted by molar-refractivity contribution is -0.0498. The Bertz CT molecular complexity index is 590. The van der Waals surface area contributed by atoms with Gasteiger partial charge in [0.25, 0.3) is 0 Å². The van der Waals surface area contributed by atoms with Gasteiger partial charge in [-0.05, 0) is 30.3 Å². The predicted octanol–water partition coefficient (Wildman–Crippen LogP) is 3.74. The van der Waals surface area contributed by atoms with Crippen molar-refractivity contribution in [3.8, 4) is 11.5 Å². The zero-order chi connectivity index (χ0) is 14.5. The maximum atomic E-state index is 13.0. The van der Waals surface area contributed by atoms with E-state index >= 15 is 0 Å². The van der Waals surface area contributed by atoms with Crippen LogP contribution in [0.3, 0.4) is 0 Å². The van der Waals surface area contributed by atoms with Crippen molar-refractivity contribution in [3.63, 3.8) is 0 Å². The van der Waals surface area contributed by atoms with Crippen LogP contribution < -0.4 is 10.1 Å². The summed E-state index contributed by atoms with van der Waals surface area (Å²) in [6.45, 7) is -2.74. The number of phenols is 1. The molecule has 0 aromatic heterocycles. The van der Waals surface area contributed by atoms with Crippen LogP contribution in [0.25, 0.3) is 0 Å². The monoisotopic (exact) mass is 283 g/mol. The Morgan fingerprint density at radius 1 is 1.15 bits per heavy atom. The first-order valence-corrected chi connectivity index (χ1v) is 5.81. The van der Waals surface area contributed by atoms with Gasteiger partial charge in [-0.3, -0.25) is 0 Å². The normalized spacial score (nSPS) is 10.6. The van der Waals surface area contributed by atoms with Crippen LogP contribution in [-0.4, -0.2) is 11.7 Å². The number of halogens is 3. The Hall–Kier alpha value is -2.37. The Balaban J connectivity index is 2.05. The standard InChI is InChI=1S/C14H12F3NO2/c15-10-4-5-13(19)9(6-10)8-18-11-2-1-3-12(7-11)20-14(16)17/h1-7,14,18-19H,8H2. The molecule has 3 nitrogen and oxygen atoms in total. The molecule has 0 aliphatic carbocycles. The minimum absolute atomic E-state index is 0.0217. The second-order valence-corrected chi connectivity index (χ2v) is 4.03. The van der Waals surface area contributed by atoms with Gasteiger partial charge in [-0.1, -0.05) is 6.07 Å². The minimum atomic E-state index is -2.89. The van der Waals surface area contributed by atoms with Gasteiger partial charge in [-0.15, -0.1) is 0 Å². The summed E-state index contributed by atoms with van der Waals surface area (Å²) < 4.78 is 41.5. The lowest BCUT2D eigenvalue weighted by Crippen LogP contribution is -2.03. The van der Waals surface area contributed by atoms with Gasteiger partial charge in [0.2, 0.25) is 0 Å². The van der Waals surface area contributed by atoms with Gasteiger partial charge in [0.1, 0.15) is 17.3 Å². The average Bonchev–Trinajstić information content (AvgIpc) is 2.39. The van der Waals surface area contributed by atoms with E-state index in [1.54, 1.807) is 12.1 Å². The molecule has 0 heterocycles. The zero-order valence-corrected chi connectivity index (χ0v) is 10.3. The number of rotatable bonds is 5. The summed E-state index contributed by atoms with van der Waals surface area (Å²) in [7, 11) is 0. The molecule has 20 heavy (non-hydrogen) atoms. The molecule has 0 saturated heterocycles. The summed E-state index contributed by atoms with van der Waals surface area (Å²) in [4.78, 5) is 0. The number of aromatic hydroxyl groups is 1. The van der Waals surface area contributed by atoms with Crippen molar-refractivity contribution in [2.75, 3.05) is 5.32 Å². The van der Waals surface area contributed by atoms with Crippen LogP contribution in [0.1, 0.15) is 5.56 Å². The van der Waals surface area contributed by atoms with Crippen molar-refractivity contribution in [1.82, 2.24) is 0 Å². The van der Waals surface area contributed by atoms with Crippen LogP contribution in [-0.2, 0) is 6.54 Å². The first-order valence-electron chi connectivity index (χ1n) is 5.81. The van der Waals surface area contributed by atoms with Gasteiger partial charge >= 0.3 is 6.61 Å². The topological polar surface area (TPSA) is 41.5 Å². The maximum Gasteiger partial charge on any atom is 0.387 e. The van der Waals surface area contributed by atoms with E-state index in [-0.39, 0.29) is 18.0 Å². The first kappa shape index (κ1) is 14.0. The third-order valence-corrected chi connectivity index (χ3v) is 2.58. The number of hydrogen-bond acceptors (Lipinski definition) is 3. The third kappa shape index (κ3) is 3.81. The minimum Gasteiger partial charge on any atom is -0.508 e. The number of anilines is 1. The second kappa shape index (κ2) is 6.18. The van der Waals surface area contributed by atoms with E-state index in [9.17, 15) is 18.3 Å². The fourth-order valence-electron chi connectivity index (χ4n) is 1.68. The molecule has 0 saturated carbocycles. The fraction of sp³-hybridized carbons (Fsp3) is 0.143. The van der Waals surface area contributed by atoms with E-state index in [0.29, 0.717) is 11.3 Å². The summed E-state index contributed by atoms with van der Waals surface area (Å²) in [5.74, 6) is -0.485. The molecule has 0 fully saturated rings. The SMILES string of the molecule is Oc1ccc(F)cc1CNc1cccc(OC(F)F)c1. The summed E-state index contributed by atoms with van der Waals surface area (Å²) >= 11 is 0. The van der Waals surface area contributed by atoms with E-state index in [2.05, 4.69) is 10.1 Å². The molecule has 6 heteroatoms. The maximum absolute atomic E-state index is 13.0. The van der Waals surface area contributed by atoms with E-state index in [1.807, 2.05) is 0 Å². The number of alkyl halides is 2. The van der Waals surface area contributed by atoms with Crippen molar-refractivity contribution in [2.24, 2.45) is 0 Å². The Morgan fingerprint density at radius 3 is 2.70 bits per heavy atom. The molecule has 0 amide bonds. The molecule has 0 radical (unpaired) electrons. The highest BCUT2D eigenvalue weighted by Crippen LogP contribution is 2.22. The van der Waals surface area contributed by atoms with Crippen LogP contribution in [0, 0.1) is 5.82 Å². The fourth-order valence-corrected chi connectivity index (χ4v) is 1.68. The second-order valence-electron chi connectivity index (χ2n) is 4.03. The zero-order valence-electron chi connectivity index (χ0n) is 10.3. The molecule has 0 bridgehead atoms. The van der Waals surface area contributed by atoms with E-state index in [0.717, 1.165) is 6.07 Å². The Kier molecular flexibility index (Phi) is 4.34. The summed E-state index contributed by atoms with van der Waals surface area (Å²) in [5.41, 5.74) is 0.886. The predicted molar refractivity (Wildman–Crippen MR) is 68.5 cm³/mol. The first-order chi connectivity index (χ1) is 9.54. The molecule has 0 aliphatic rings. The van der Waals surface area contributed by atoms with Gasteiger partial charge in [-0.2, -0.15) is 8.78 Å². The van der Waals surface area contributed by atoms with E-state index in [1.165, 1.54) is 24.3 Å².